The van der Waals surface area contributed by atoms with E-state index in [1.807, 2.05) is 36.4 Å². The first-order valence-corrected chi connectivity index (χ1v) is 6.30. The van der Waals surface area contributed by atoms with Gasteiger partial charge in [0.1, 0.15) is 11.5 Å². The Labute approximate surface area is 108 Å². The second kappa shape index (κ2) is 4.23. The zero-order valence-electron chi connectivity index (χ0n) is 9.42. The smallest absolute Gasteiger partial charge is 0.143 e. The molecule has 88 valence electrons. The molecule has 1 aromatic carbocycles. The molecule has 0 fully saturated rings. The van der Waals surface area contributed by atoms with Crippen LogP contribution in [0.15, 0.2) is 48.7 Å². The van der Waals surface area contributed by atoms with Gasteiger partial charge in [0.25, 0.3) is 0 Å². The summed E-state index contributed by atoms with van der Waals surface area (Å²) in [5.41, 5.74) is 0.827. The first-order valence-electron chi connectivity index (χ1n) is 5.48. The van der Waals surface area contributed by atoms with Gasteiger partial charge >= 0.3 is 0 Å². The van der Waals surface area contributed by atoms with Crippen LogP contribution in [0.3, 0.4) is 0 Å². The van der Waals surface area contributed by atoms with Gasteiger partial charge in [0.05, 0.1) is 10.6 Å². The number of fused-ring (bicyclic) bond motifs is 1. The van der Waals surface area contributed by atoms with Crippen LogP contribution < -0.4 is 0 Å². The maximum absolute atomic E-state index is 10.2. The Morgan fingerprint density at radius 3 is 2.61 bits per heavy atom. The predicted octanol–water partition coefficient (Wildman–Crippen LogP) is 3.42. The number of aromatic nitrogens is 1. The first-order chi connectivity index (χ1) is 8.77. The number of aromatic hydroxyl groups is 1. The third-order valence-electron chi connectivity index (χ3n) is 2.72. The highest BCUT2D eigenvalue weighted by atomic mass is 32.1. The van der Waals surface area contributed by atoms with E-state index in [0.717, 1.165) is 10.1 Å². The van der Waals surface area contributed by atoms with Crippen molar-refractivity contribution in [3.63, 3.8) is 0 Å². The Balaban J connectivity index is 2.15. The highest BCUT2D eigenvalue weighted by Gasteiger charge is 2.16. The van der Waals surface area contributed by atoms with Crippen molar-refractivity contribution < 1.29 is 5.11 Å². The maximum Gasteiger partial charge on any atom is 0.143 e. The van der Waals surface area contributed by atoms with Crippen molar-refractivity contribution in [2.45, 2.75) is 0 Å². The van der Waals surface area contributed by atoms with Gasteiger partial charge < -0.3 is 5.11 Å². The Bertz CT molecular complexity index is 719. The van der Waals surface area contributed by atoms with E-state index in [1.165, 1.54) is 11.3 Å². The van der Waals surface area contributed by atoms with Crippen molar-refractivity contribution in [3.8, 4) is 5.75 Å². The molecular weight excluding hydrogens is 244 g/mol. The molecule has 0 saturated heterocycles. The molecule has 0 amide bonds. The van der Waals surface area contributed by atoms with Crippen LogP contribution in [0.4, 0.5) is 0 Å². The van der Waals surface area contributed by atoms with Crippen molar-refractivity contribution in [3.05, 3.63) is 59.2 Å². The van der Waals surface area contributed by atoms with Crippen LogP contribution in [0, 0.1) is 5.41 Å². The topological polar surface area (TPSA) is 57.0 Å². The third-order valence-corrected chi connectivity index (χ3v) is 3.89. The van der Waals surface area contributed by atoms with Crippen molar-refractivity contribution in [1.29, 1.82) is 5.41 Å². The molecule has 3 aromatic rings. The molecule has 0 atom stereocenters. The zero-order chi connectivity index (χ0) is 12.5. The number of thiophene rings is 1. The van der Waals surface area contributed by atoms with E-state index in [2.05, 4.69) is 4.98 Å². The standard InChI is InChI=1S/C14H10N2OS/c15-12(10-6-3-4-8-16-10)14-13(17)9-5-1-2-7-11(9)18-14/h1-8,15,17H. The summed E-state index contributed by atoms with van der Waals surface area (Å²) < 4.78 is 0.977. The maximum atomic E-state index is 10.2. The Hall–Kier alpha value is -2.20. The van der Waals surface area contributed by atoms with Crippen LogP contribution in [-0.2, 0) is 0 Å². The van der Waals surface area contributed by atoms with Gasteiger partial charge in [-0.05, 0) is 24.3 Å². The molecule has 0 saturated carbocycles. The van der Waals surface area contributed by atoms with Crippen LogP contribution >= 0.6 is 11.3 Å². The van der Waals surface area contributed by atoms with Gasteiger partial charge in [0.15, 0.2) is 0 Å². The second-order valence-corrected chi connectivity index (χ2v) is 4.92. The number of nitrogens with one attached hydrogen (secondary N) is 1. The van der Waals surface area contributed by atoms with Crippen LogP contribution in [0.2, 0.25) is 0 Å². The van der Waals surface area contributed by atoms with Gasteiger partial charge in [-0.2, -0.15) is 0 Å². The van der Waals surface area contributed by atoms with E-state index < -0.39 is 0 Å². The fourth-order valence-electron chi connectivity index (χ4n) is 1.83. The van der Waals surface area contributed by atoms with Gasteiger partial charge in [-0.15, -0.1) is 11.3 Å². The highest BCUT2D eigenvalue weighted by molar-refractivity contribution is 7.21. The zero-order valence-corrected chi connectivity index (χ0v) is 10.2. The minimum absolute atomic E-state index is 0.172. The van der Waals surface area contributed by atoms with Crippen LogP contribution in [0.1, 0.15) is 10.6 Å². The summed E-state index contributed by atoms with van der Waals surface area (Å²) in [4.78, 5) is 4.70. The van der Waals surface area contributed by atoms with E-state index in [1.54, 1.807) is 12.3 Å². The van der Waals surface area contributed by atoms with Crippen LogP contribution in [0.5, 0.6) is 5.75 Å². The molecule has 0 bridgehead atoms. The van der Waals surface area contributed by atoms with Crippen molar-refractivity contribution >= 4 is 27.1 Å². The fraction of sp³-hybridized carbons (Fsp3) is 0. The monoisotopic (exact) mass is 254 g/mol. The molecule has 0 aliphatic rings. The number of benzene rings is 1. The molecule has 0 unspecified atom stereocenters. The van der Waals surface area contributed by atoms with Gasteiger partial charge in [-0.3, -0.25) is 10.4 Å². The molecular formula is C14H10N2OS. The fourth-order valence-corrected chi connectivity index (χ4v) is 2.88. The SMILES string of the molecule is N=C(c1ccccn1)c1sc2ccccc2c1O. The molecule has 0 aliphatic heterocycles. The molecule has 18 heavy (non-hydrogen) atoms. The molecule has 0 aliphatic carbocycles. The summed E-state index contributed by atoms with van der Waals surface area (Å²) >= 11 is 1.41. The second-order valence-electron chi connectivity index (χ2n) is 3.87. The summed E-state index contributed by atoms with van der Waals surface area (Å²) in [6.45, 7) is 0. The summed E-state index contributed by atoms with van der Waals surface area (Å²) in [6, 6.07) is 13.0. The van der Waals surface area contributed by atoms with E-state index in [4.69, 9.17) is 5.41 Å². The molecule has 4 heteroatoms. The van der Waals surface area contributed by atoms with Crippen molar-refractivity contribution in [1.82, 2.24) is 4.98 Å². The average Bonchev–Trinajstić information content (AvgIpc) is 2.77. The van der Waals surface area contributed by atoms with E-state index in [0.29, 0.717) is 10.6 Å². The minimum atomic E-state index is 0.172. The molecule has 0 spiro atoms. The first kappa shape index (κ1) is 10.9. The lowest BCUT2D eigenvalue weighted by Crippen LogP contribution is -2.01. The molecule has 2 N–H and O–H groups in total. The van der Waals surface area contributed by atoms with Gasteiger partial charge in [0, 0.05) is 16.3 Å². The quantitative estimate of drug-likeness (QED) is 0.688. The predicted molar refractivity (Wildman–Crippen MR) is 73.7 cm³/mol. The number of rotatable bonds is 2. The average molecular weight is 254 g/mol. The van der Waals surface area contributed by atoms with Crippen LogP contribution in [-0.4, -0.2) is 15.8 Å². The summed E-state index contributed by atoms with van der Waals surface area (Å²) in [5, 5.41) is 19.1. The van der Waals surface area contributed by atoms with E-state index in [-0.39, 0.29) is 11.5 Å². The van der Waals surface area contributed by atoms with Gasteiger partial charge in [-0.25, -0.2) is 0 Å². The summed E-state index contributed by atoms with van der Waals surface area (Å²) in [7, 11) is 0. The Kier molecular flexibility index (Phi) is 2.57. The molecule has 2 heterocycles. The van der Waals surface area contributed by atoms with Crippen molar-refractivity contribution in [2.75, 3.05) is 0 Å². The minimum Gasteiger partial charge on any atom is -0.506 e. The van der Waals surface area contributed by atoms with Crippen molar-refractivity contribution in [2.24, 2.45) is 0 Å². The lowest BCUT2D eigenvalue weighted by atomic mass is 10.1. The van der Waals surface area contributed by atoms with Gasteiger partial charge in [0.2, 0.25) is 0 Å². The lowest BCUT2D eigenvalue weighted by molar-refractivity contribution is 0.482. The molecule has 2 aromatic heterocycles. The number of hydrogen-bond acceptors (Lipinski definition) is 4. The van der Waals surface area contributed by atoms with E-state index >= 15 is 0 Å². The van der Waals surface area contributed by atoms with Crippen LogP contribution in [0.25, 0.3) is 10.1 Å². The lowest BCUT2D eigenvalue weighted by Gasteiger charge is -2.00. The Morgan fingerprint density at radius 2 is 1.89 bits per heavy atom. The molecule has 3 rings (SSSR count). The molecule has 3 nitrogen and oxygen atoms in total. The van der Waals surface area contributed by atoms with Gasteiger partial charge in [-0.1, -0.05) is 18.2 Å². The van der Waals surface area contributed by atoms with E-state index in [9.17, 15) is 5.11 Å². The number of hydrogen-bond donors (Lipinski definition) is 2. The number of nitrogens with zero attached hydrogens (tertiary/aromatic N) is 1. The normalized spacial score (nSPS) is 10.7. The number of pyridine rings is 1. The Morgan fingerprint density at radius 1 is 1.11 bits per heavy atom. The summed E-state index contributed by atoms with van der Waals surface area (Å²) in [5.74, 6) is 0.172. The largest absolute Gasteiger partial charge is 0.506 e. The third kappa shape index (κ3) is 1.67. The molecule has 0 radical (unpaired) electrons. The highest BCUT2D eigenvalue weighted by Crippen LogP contribution is 2.37. The summed E-state index contributed by atoms with van der Waals surface area (Å²) in [6.07, 6.45) is 1.65.